The summed E-state index contributed by atoms with van der Waals surface area (Å²) < 4.78 is 75.7. The second kappa shape index (κ2) is 10.1. The van der Waals surface area contributed by atoms with Gasteiger partial charge >= 0.3 is 0 Å². The molecule has 1 heterocycles. The molecule has 1 aliphatic rings. The van der Waals surface area contributed by atoms with Crippen molar-refractivity contribution < 1.29 is 25.3 Å². The molecule has 2 aromatic rings. The fraction of sp³-hybridized carbons (Fsp3) is 0.500. The minimum absolute atomic E-state index is 0.0653. The number of hydrogen-bond donors (Lipinski definition) is 0. The standard InChI is InChI=1S/C24H33NO6S3/c1-4-16-25-17-14-20(19-24(25,33(3,28)29)21-8-6-5-7-9-21)15-18-34(30,31)23-12-10-22(11-13-23)32(2,26)27/h5-13,20H,4,14-19H2,1-3H3. The summed E-state index contributed by atoms with van der Waals surface area (Å²) in [6.07, 6.45) is 4.53. The molecule has 1 fully saturated rings. The molecule has 2 unspecified atom stereocenters. The van der Waals surface area contributed by atoms with Crippen LogP contribution in [0, 0.1) is 5.92 Å². The van der Waals surface area contributed by atoms with E-state index in [-0.39, 0.29) is 21.5 Å². The van der Waals surface area contributed by atoms with Gasteiger partial charge in [0.1, 0.15) is 4.87 Å². The van der Waals surface area contributed by atoms with Gasteiger partial charge in [-0.15, -0.1) is 0 Å². The molecular formula is C24H33NO6S3. The molecule has 7 nitrogen and oxygen atoms in total. The van der Waals surface area contributed by atoms with Crippen LogP contribution in [0.1, 0.15) is 38.2 Å². The Morgan fingerprint density at radius 2 is 1.47 bits per heavy atom. The normalized spacial score (nSPS) is 22.5. The number of likely N-dealkylation sites (tertiary alicyclic amines) is 1. The van der Waals surface area contributed by atoms with Gasteiger partial charge in [0.2, 0.25) is 0 Å². The van der Waals surface area contributed by atoms with Gasteiger partial charge in [0, 0.05) is 19.1 Å². The highest BCUT2D eigenvalue weighted by Gasteiger charge is 2.51. The third-order valence-corrected chi connectivity index (χ3v) is 11.4. The van der Waals surface area contributed by atoms with Crippen molar-refractivity contribution >= 4 is 29.5 Å². The SMILES string of the molecule is CCCN1CCC(CCS(=O)(=O)c2ccc(S(C)(=O)=O)cc2)CC1(c1ccccc1)S(C)(=O)=O. The highest BCUT2D eigenvalue weighted by molar-refractivity contribution is 7.92. The van der Waals surface area contributed by atoms with E-state index in [4.69, 9.17) is 0 Å². The van der Waals surface area contributed by atoms with Crippen molar-refractivity contribution in [3.05, 3.63) is 60.2 Å². The van der Waals surface area contributed by atoms with Crippen molar-refractivity contribution in [3.63, 3.8) is 0 Å². The average molecular weight is 528 g/mol. The molecule has 0 spiro atoms. The van der Waals surface area contributed by atoms with Crippen molar-refractivity contribution in [1.29, 1.82) is 0 Å². The molecule has 0 amide bonds. The summed E-state index contributed by atoms with van der Waals surface area (Å²) >= 11 is 0. The van der Waals surface area contributed by atoms with Crippen LogP contribution in [-0.4, -0.2) is 61.5 Å². The lowest BCUT2D eigenvalue weighted by atomic mass is 9.84. The Kier molecular flexibility index (Phi) is 7.96. The molecule has 34 heavy (non-hydrogen) atoms. The average Bonchev–Trinajstić information content (AvgIpc) is 2.78. The van der Waals surface area contributed by atoms with Gasteiger partial charge in [-0.25, -0.2) is 25.3 Å². The number of benzene rings is 2. The Bertz CT molecular complexity index is 1300. The van der Waals surface area contributed by atoms with Crippen LogP contribution < -0.4 is 0 Å². The summed E-state index contributed by atoms with van der Waals surface area (Å²) in [7, 11) is -10.6. The molecule has 0 aliphatic carbocycles. The van der Waals surface area contributed by atoms with E-state index in [1.165, 1.54) is 30.5 Å². The molecule has 188 valence electrons. The molecule has 10 heteroatoms. The van der Waals surface area contributed by atoms with Gasteiger partial charge in [-0.2, -0.15) is 0 Å². The highest BCUT2D eigenvalue weighted by atomic mass is 32.2. The summed E-state index contributed by atoms with van der Waals surface area (Å²) in [6.45, 7) is 3.23. The zero-order valence-electron chi connectivity index (χ0n) is 19.8. The number of rotatable bonds is 9. The van der Waals surface area contributed by atoms with Crippen molar-refractivity contribution in [2.45, 2.75) is 47.3 Å². The van der Waals surface area contributed by atoms with E-state index >= 15 is 0 Å². The first kappa shape index (κ1) is 26.8. The maximum absolute atomic E-state index is 13.3. The van der Waals surface area contributed by atoms with Crippen LogP contribution in [0.15, 0.2) is 64.4 Å². The first-order valence-electron chi connectivity index (χ1n) is 11.3. The second-order valence-electron chi connectivity index (χ2n) is 9.12. The van der Waals surface area contributed by atoms with E-state index in [0.29, 0.717) is 32.4 Å². The van der Waals surface area contributed by atoms with E-state index in [0.717, 1.165) is 18.2 Å². The zero-order valence-corrected chi connectivity index (χ0v) is 22.3. The topological polar surface area (TPSA) is 106 Å². The molecule has 1 aliphatic heterocycles. The first-order chi connectivity index (χ1) is 15.8. The summed E-state index contributed by atoms with van der Waals surface area (Å²) in [5, 5.41) is 0. The van der Waals surface area contributed by atoms with Crippen LogP contribution in [0.25, 0.3) is 0 Å². The third-order valence-electron chi connectivity index (χ3n) is 6.62. The van der Waals surface area contributed by atoms with E-state index < -0.39 is 34.4 Å². The monoisotopic (exact) mass is 527 g/mol. The lowest BCUT2D eigenvalue weighted by Crippen LogP contribution is -2.56. The van der Waals surface area contributed by atoms with Crippen LogP contribution in [-0.2, 0) is 34.4 Å². The molecule has 1 saturated heterocycles. The van der Waals surface area contributed by atoms with E-state index in [2.05, 4.69) is 0 Å². The van der Waals surface area contributed by atoms with Crippen molar-refractivity contribution in [2.24, 2.45) is 5.92 Å². The predicted molar refractivity (Wildman–Crippen MR) is 134 cm³/mol. The summed E-state index contributed by atoms with van der Waals surface area (Å²) in [4.78, 5) is 0.983. The molecule has 3 rings (SSSR count). The van der Waals surface area contributed by atoms with Gasteiger partial charge in [-0.3, -0.25) is 4.90 Å². The van der Waals surface area contributed by atoms with Gasteiger partial charge in [0.05, 0.1) is 15.5 Å². The van der Waals surface area contributed by atoms with Crippen LogP contribution in [0.4, 0.5) is 0 Å². The van der Waals surface area contributed by atoms with Gasteiger partial charge in [0.25, 0.3) is 0 Å². The molecule has 0 saturated carbocycles. The smallest absolute Gasteiger partial charge is 0.178 e. The molecule has 2 atom stereocenters. The van der Waals surface area contributed by atoms with Crippen LogP contribution in [0.5, 0.6) is 0 Å². The Hall–Kier alpha value is -1.75. The largest absolute Gasteiger partial charge is 0.281 e. The number of piperidine rings is 1. The maximum Gasteiger partial charge on any atom is 0.178 e. The number of sulfone groups is 3. The molecule has 0 N–H and O–H groups in total. The van der Waals surface area contributed by atoms with Crippen LogP contribution in [0.3, 0.4) is 0 Å². The molecule has 2 aromatic carbocycles. The van der Waals surface area contributed by atoms with Crippen molar-refractivity contribution in [2.75, 3.05) is 31.4 Å². The third kappa shape index (κ3) is 5.56. The van der Waals surface area contributed by atoms with Crippen LogP contribution in [0.2, 0.25) is 0 Å². The Labute approximate surface area is 203 Å². The molecule has 0 bridgehead atoms. The highest BCUT2D eigenvalue weighted by Crippen LogP contribution is 2.45. The predicted octanol–water partition coefficient (Wildman–Crippen LogP) is 3.27. The number of nitrogens with zero attached hydrogens (tertiary/aromatic N) is 1. The molecule has 0 radical (unpaired) electrons. The van der Waals surface area contributed by atoms with E-state index in [9.17, 15) is 25.3 Å². The van der Waals surface area contributed by atoms with Crippen LogP contribution >= 0.6 is 0 Å². The van der Waals surface area contributed by atoms with Gasteiger partial charge in [0.15, 0.2) is 29.5 Å². The van der Waals surface area contributed by atoms with Crippen molar-refractivity contribution in [1.82, 2.24) is 4.90 Å². The fourth-order valence-electron chi connectivity index (χ4n) is 4.88. The van der Waals surface area contributed by atoms with E-state index in [1.54, 1.807) is 0 Å². The summed E-state index contributed by atoms with van der Waals surface area (Å²) in [5.74, 6) is -0.216. The Balaban J connectivity index is 1.86. The van der Waals surface area contributed by atoms with Crippen molar-refractivity contribution in [3.8, 4) is 0 Å². The maximum atomic E-state index is 13.3. The zero-order chi connectivity index (χ0) is 25.2. The minimum Gasteiger partial charge on any atom is -0.281 e. The Morgan fingerprint density at radius 1 is 0.882 bits per heavy atom. The quantitative estimate of drug-likeness (QED) is 0.493. The minimum atomic E-state index is -3.64. The van der Waals surface area contributed by atoms with Gasteiger partial charge in [-0.1, -0.05) is 37.3 Å². The fourth-order valence-corrected chi connectivity index (χ4v) is 8.70. The summed E-state index contributed by atoms with van der Waals surface area (Å²) in [5.41, 5.74) is 0.717. The van der Waals surface area contributed by atoms with E-state index in [1.807, 2.05) is 42.2 Å². The lowest BCUT2D eigenvalue weighted by molar-refractivity contribution is 0.0762. The van der Waals surface area contributed by atoms with Gasteiger partial charge in [-0.05, 0) is 68.0 Å². The molecular weight excluding hydrogens is 494 g/mol. The molecule has 0 aromatic heterocycles. The first-order valence-corrected chi connectivity index (χ1v) is 16.8. The second-order valence-corrected chi connectivity index (χ2v) is 15.5. The Morgan fingerprint density at radius 3 is 2.00 bits per heavy atom. The number of hydrogen-bond acceptors (Lipinski definition) is 7. The summed E-state index contributed by atoms with van der Waals surface area (Å²) in [6, 6.07) is 14.4. The van der Waals surface area contributed by atoms with Gasteiger partial charge < -0.3 is 0 Å². The lowest BCUT2D eigenvalue weighted by Gasteiger charge is -2.48.